The lowest BCUT2D eigenvalue weighted by molar-refractivity contribution is -0.145. The quantitative estimate of drug-likeness (QED) is 0.755. The molecule has 0 N–H and O–H groups in total. The Morgan fingerprint density at radius 2 is 1.79 bits per heavy atom. The standard InChI is InChI=1S/C15H19F4N5/c1-10(2)14(11-4-6-12(16)7-5-11)23(3)8-13-20-22-24(21-13)9-15(17,18)19/h4-7,10,14H,8-9H2,1-3H3/t14-/m1/s1. The Balaban J connectivity index is 2.11. The normalized spacial score (nSPS) is 13.7. The van der Waals surface area contributed by atoms with E-state index in [0.29, 0.717) is 4.80 Å². The van der Waals surface area contributed by atoms with E-state index in [0.717, 1.165) is 5.56 Å². The van der Waals surface area contributed by atoms with Crippen LogP contribution in [0.3, 0.4) is 0 Å². The average molecular weight is 345 g/mol. The molecule has 0 saturated heterocycles. The number of rotatable bonds is 6. The van der Waals surface area contributed by atoms with Crippen LogP contribution in [0.2, 0.25) is 0 Å². The van der Waals surface area contributed by atoms with Crippen LogP contribution in [0.4, 0.5) is 17.6 Å². The number of tetrazole rings is 1. The summed E-state index contributed by atoms with van der Waals surface area (Å²) < 4.78 is 50.1. The molecule has 0 amide bonds. The first-order chi connectivity index (χ1) is 11.2. The minimum atomic E-state index is -4.39. The summed E-state index contributed by atoms with van der Waals surface area (Å²) in [6.07, 6.45) is -4.39. The van der Waals surface area contributed by atoms with E-state index in [1.54, 1.807) is 12.1 Å². The zero-order chi connectivity index (χ0) is 17.9. The van der Waals surface area contributed by atoms with Crippen LogP contribution in [0.25, 0.3) is 0 Å². The van der Waals surface area contributed by atoms with Crippen LogP contribution >= 0.6 is 0 Å². The highest BCUT2D eigenvalue weighted by Gasteiger charge is 2.30. The highest BCUT2D eigenvalue weighted by atomic mass is 19.4. The van der Waals surface area contributed by atoms with Gasteiger partial charge in [-0.1, -0.05) is 26.0 Å². The van der Waals surface area contributed by atoms with Crippen LogP contribution < -0.4 is 0 Å². The van der Waals surface area contributed by atoms with Crippen LogP contribution in [0, 0.1) is 11.7 Å². The number of hydrogen-bond donors (Lipinski definition) is 0. The van der Waals surface area contributed by atoms with Crippen LogP contribution in [0.5, 0.6) is 0 Å². The van der Waals surface area contributed by atoms with Gasteiger partial charge in [0.05, 0.1) is 6.54 Å². The summed E-state index contributed by atoms with van der Waals surface area (Å²) in [5.41, 5.74) is 0.914. The molecular weight excluding hydrogens is 326 g/mol. The summed E-state index contributed by atoms with van der Waals surface area (Å²) in [4.78, 5) is 2.44. The molecule has 0 aliphatic carbocycles. The molecule has 1 aromatic carbocycles. The minimum Gasteiger partial charge on any atom is -0.292 e. The SMILES string of the molecule is CC(C)[C@H](c1ccc(F)cc1)N(C)Cc1nnn(CC(F)(F)F)n1. The summed E-state index contributed by atoms with van der Waals surface area (Å²) in [7, 11) is 1.82. The molecule has 24 heavy (non-hydrogen) atoms. The van der Waals surface area contributed by atoms with E-state index in [1.165, 1.54) is 12.1 Å². The molecule has 5 nitrogen and oxygen atoms in total. The van der Waals surface area contributed by atoms with E-state index in [2.05, 4.69) is 15.4 Å². The molecule has 132 valence electrons. The van der Waals surface area contributed by atoms with Crippen molar-refractivity contribution in [3.63, 3.8) is 0 Å². The van der Waals surface area contributed by atoms with Crippen molar-refractivity contribution in [3.05, 3.63) is 41.5 Å². The lowest BCUT2D eigenvalue weighted by Gasteiger charge is -2.30. The zero-order valence-corrected chi connectivity index (χ0v) is 13.6. The van der Waals surface area contributed by atoms with Crippen molar-refractivity contribution in [2.75, 3.05) is 7.05 Å². The fourth-order valence-electron chi connectivity index (χ4n) is 2.70. The number of alkyl halides is 3. The molecule has 0 spiro atoms. The van der Waals surface area contributed by atoms with Crippen molar-refractivity contribution >= 4 is 0 Å². The van der Waals surface area contributed by atoms with Gasteiger partial charge in [0.25, 0.3) is 0 Å². The Bertz CT molecular complexity index is 651. The molecule has 0 aliphatic rings. The second-order valence-electron chi connectivity index (χ2n) is 6.01. The molecule has 1 atom stereocenters. The zero-order valence-electron chi connectivity index (χ0n) is 13.6. The van der Waals surface area contributed by atoms with Crippen LogP contribution in [-0.2, 0) is 13.1 Å². The molecule has 0 unspecified atom stereocenters. The second-order valence-corrected chi connectivity index (χ2v) is 6.01. The van der Waals surface area contributed by atoms with Gasteiger partial charge in [-0.05, 0) is 35.9 Å². The van der Waals surface area contributed by atoms with Crippen molar-refractivity contribution in [1.29, 1.82) is 0 Å². The summed E-state index contributed by atoms with van der Waals surface area (Å²) in [6, 6.07) is 6.11. The lowest BCUT2D eigenvalue weighted by Crippen LogP contribution is -2.28. The first kappa shape index (κ1) is 18.3. The fourth-order valence-corrected chi connectivity index (χ4v) is 2.70. The molecule has 2 aromatic rings. The Morgan fingerprint density at radius 1 is 1.17 bits per heavy atom. The summed E-state index contributed by atoms with van der Waals surface area (Å²) >= 11 is 0. The third-order valence-corrected chi connectivity index (χ3v) is 3.52. The third-order valence-electron chi connectivity index (χ3n) is 3.52. The number of benzene rings is 1. The molecule has 2 rings (SSSR count). The molecule has 0 aliphatic heterocycles. The molecule has 0 fully saturated rings. The van der Waals surface area contributed by atoms with Gasteiger partial charge >= 0.3 is 6.18 Å². The third kappa shape index (κ3) is 4.98. The molecule has 9 heteroatoms. The molecular formula is C15H19F4N5. The van der Waals surface area contributed by atoms with E-state index in [9.17, 15) is 17.6 Å². The topological polar surface area (TPSA) is 46.8 Å². The Hall–Kier alpha value is -2.03. The first-order valence-corrected chi connectivity index (χ1v) is 7.45. The molecule has 0 saturated carbocycles. The van der Waals surface area contributed by atoms with E-state index in [1.807, 2.05) is 25.8 Å². The highest BCUT2D eigenvalue weighted by Crippen LogP contribution is 2.28. The van der Waals surface area contributed by atoms with Gasteiger partial charge in [-0.25, -0.2) is 4.39 Å². The number of hydrogen-bond acceptors (Lipinski definition) is 4. The van der Waals surface area contributed by atoms with E-state index >= 15 is 0 Å². The van der Waals surface area contributed by atoms with Crippen molar-refractivity contribution in [2.24, 2.45) is 5.92 Å². The Kier molecular flexibility index (Phi) is 5.53. The Morgan fingerprint density at radius 3 is 2.33 bits per heavy atom. The number of nitrogens with zero attached hydrogens (tertiary/aromatic N) is 5. The van der Waals surface area contributed by atoms with Crippen molar-refractivity contribution in [3.8, 4) is 0 Å². The van der Waals surface area contributed by atoms with Gasteiger partial charge in [-0.3, -0.25) is 4.90 Å². The van der Waals surface area contributed by atoms with Gasteiger partial charge < -0.3 is 0 Å². The number of halogens is 4. The summed E-state index contributed by atoms with van der Waals surface area (Å²) in [5, 5.41) is 10.9. The highest BCUT2D eigenvalue weighted by molar-refractivity contribution is 5.20. The molecule has 1 heterocycles. The monoisotopic (exact) mass is 345 g/mol. The van der Waals surface area contributed by atoms with Gasteiger partial charge in [0.1, 0.15) is 5.82 Å². The minimum absolute atomic E-state index is 0.0554. The van der Waals surface area contributed by atoms with Crippen molar-refractivity contribution in [2.45, 2.75) is 39.2 Å². The fraction of sp³-hybridized carbons (Fsp3) is 0.533. The first-order valence-electron chi connectivity index (χ1n) is 7.45. The molecule has 1 aromatic heterocycles. The second kappa shape index (κ2) is 7.25. The van der Waals surface area contributed by atoms with E-state index in [4.69, 9.17) is 0 Å². The van der Waals surface area contributed by atoms with E-state index in [-0.39, 0.29) is 30.1 Å². The lowest BCUT2D eigenvalue weighted by atomic mass is 9.94. The molecule has 0 bridgehead atoms. The number of aromatic nitrogens is 4. The largest absolute Gasteiger partial charge is 0.409 e. The molecule has 0 radical (unpaired) electrons. The van der Waals surface area contributed by atoms with Gasteiger partial charge in [0.15, 0.2) is 12.4 Å². The van der Waals surface area contributed by atoms with Crippen molar-refractivity contribution < 1.29 is 17.6 Å². The van der Waals surface area contributed by atoms with Crippen molar-refractivity contribution in [1.82, 2.24) is 25.1 Å². The summed E-state index contributed by atoms with van der Waals surface area (Å²) in [6.45, 7) is 2.99. The maximum atomic E-state index is 13.1. The van der Waals surface area contributed by atoms with Gasteiger partial charge in [0.2, 0.25) is 0 Å². The maximum absolute atomic E-state index is 13.1. The smallest absolute Gasteiger partial charge is 0.292 e. The average Bonchev–Trinajstić information content (AvgIpc) is 2.85. The van der Waals surface area contributed by atoms with Gasteiger partial charge in [-0.15, -0.1) is 10.2 Å². The van der Waals surface area contributed by atoms with Gasteiger partial charge in [-0.2, -0.15) is 18.0 Å². The van der Waals surface area contributed by atoms with Crippen LogP contribution in [0.15, 0.2) is 24.3 Å². The van der Waals surface area contributed by atoms with Crippen LogP contribution in [0.1, 0.15) is 31.3 Å². The predicted molar refractivity (Wildman–Crippen MR) is 79.3 cm³/mol. The van der Waals surface area contributed by atoms with E-state index < -0.39 is 12.7 Å². The van der Waals surface area contributed by atoms with Crippen LogP contribution in [-0.4, -0.2) is 38.3 Å². The summed E-state index contributed by atoms with van der Waals surface area (Å²) in [5.74, 6) is 0.0841. The maximum Gasteiger partial charge on any atom is 0.409 e. The van der Waals surface area contributed by atoms with Gasteiger partial charge in [0, 0.05) is 6.04 Å². The predicted octanol–water partition coefficient (Wildman–Crippen LogP) is 3.20. The Labute approximate surface area is 137 Å².